The maximum absolute atomic E-state index is 4.42. The van der Waals surface area contributed by atoms with Crippen molar-refractivity contribution in [3.05, 3.63) is 18.5 Å². The number of anilines is 1. The molecule has 0 radical (unpaired) electrons. The van der Waals surface area contributed by atoms with E-state index in [1.54, 1.807) is 0 Å². The molecule has 0 unspecified atom stereocenters. The first kappa shape index (κ1) is 7.79. The lowest BCUT2D eigenvalue weighted by atomic mass is 10.3. The van der Waals surface area contributed by atoms with Gasteiger partial charge in [-0.05, 0) is 18.9 Å². The Kier molecular flexibility index (Phi) is 1.65. The third-order valence-corrected chi connectivity index (χ3v) is 2.74. The molecule has 14 heavy (non-hydrogen) atoms. The number of hydrogen-bond donors (Lipinski definition) is 1. The molecule has 72 valence electrons. The molecule has 0 bridgehead atoms. The summed E-state index contributed by atoms with van der Waals surface area (Å²) in [6, 6.07) is 2.10. The van der Waals surface area contributed by atoms with Crippen LogP contribution in [0.1, 0.15) is 12.8 Å². The Hall–Kier alpha value is -1.58. The van der Waals surface area contributed by atoms with E-state index < -0.39 is 0 Å². The Balaban J connectivity index is 2.04. The van der Waals surface area contributed by atoms with Gasteiger partial charge in [0.15, 0.2) is 0 Å². The minimum absolute atomic E-state index is 1.01. The third-order valence-electron chi connectivity index (χ3n) is 2.74. The van der Waals surface area contributed by atoms with Gasteiger partial charge in [-0.25, -0.2) is 4.98 Å². The molecule has 0 atom stereocenters. The van der Waals surface area contributed by atoms with Crippen molar-refractivity contribution in [2.75, 3.05) is 18.0 Å². The molecule has 0 aliphatic carbocycles. The van der Waals surface area contributed by atoms with Gasteiger partial charge in [0.1, 0.15) is 5.82 Å². The summed E-state index contributed by atoms with van der Waals surface area (Å²) in [4.78, 5) is 6.74. The Bertz CT molecular complexity index is 442. The Morgan fingerprint density at radius 3 is 2.93 bits per heavy atom. The summed E-state index contributed by atoms with van der Waals surface area (Å²) < 4.78 is 0. The van der Waals surface area contributed by atoms with Gasteiger partial charge >= 0.3 is 0 Å². The van der Waals surface area contributed by atoms with Crippen molar-refractivity contribution >= 4 is 16.7 Å². The molecular formula is C10H12N4. The summed E-state index contributed by atoms with van der Waals surface area (Å²) in [5.74, 6) is 1.08. The number of pyridine rings is 1. The average molecular weight is 188 g/mol. The molecule has 1 fully saturated rings. The van der Waals surface area contributed by atoms with E-state index in [0.717, 1.165) is 29.8 Å². The van der Waals surface area contributed by atoms with Crippen molar-refractivity contribution in [3.8, 4) is 0 Å². The highest BCUT2D eigenvalue weighted by Gasteiger charge is 2.13. The van der Waals surface area contributed by atoms with Gasteiger partial charge in [0, 0.05) is 18.5 Å². The van der Waals surface area contributed by atoms with Crippen molar-refractivity contribution in [3.63, 3.8) is 0 Å². The van der Waals surface area contributed by atoms with Crippen LogP contribution in [0.5, 0.6) is 0 Å². The molecule has 1 N–H and O–H groups in total. The van der Waals surface area contributed by atoms with Gasteiger partial charge in [0.25, 0.3) is 0 Å². The van der Waals surface area contributed by atoms with Crippen LogP contribution >= 0.6 is 0 Å². The SMILES string of the molecule is c1n[nH]c2cnc(N3CCCC3)cc12. The Morgan fingerprint density at radius 1 is 1.21 bits per heavy atom. The van der Waals surface area contributed by atoms with Crippen LogP contribution in [-0.2, 0) is 0 Å². The molecule has 0 amide bonds. The Morgan fingerprint density at radius 2 is 2.07 bits per heavy atom. The highest BCUT2D eigenvalue weighted by atomic mass is 15.2. The van der Waals surface area contributed by atoms with Crippen LogP contribution in [0.4, 0.5) is 5.82 Å². The molecule has 0 saturated carbocycles. The second-order valence-corrected chi connectivity index (χ2v) is 3.69. The van der Waals surface area contributed by atoms with Crippen LogP contribution in [0, 0.1) is 0 Å². The molecule has 0 aromatic carbocycles. The first-order valence-electron chi connectivity index (χ1n) is 4.97. The van der Waals surface area contributed by atoms with E-state index in [4.69, 9.17) is 0 Å². The van der Waals surface area contributed by atoms with E-state index in [-0.39, 0.29) is 0 Å². The second-order valence-electron chi connectivity index (χ2n) is 3.69. The third kappa shape index (κ3) is 1.14. The molecule has 2 aromatic rings. The number of rotatable bonds is 1. The predicted molar refractivity (Wildman–Crippen MR) is 55.3 cm³/mol. The lowest BCUT2D eigenvalue weighted by Crippen LogP contribution is -2.18. The molecule has 1 aliphatic rings. The second kappa shape index (κ2) is 2.97. The van der Waals surface area contributed by atoms with Gasteiger partial charge in [0.2, 0.25) is 0 Å². The number of hydrogen-bond acceptors (Lipinski definition) is 3. The largest absolute Gasteiger partial charge is 0.357 e. The first-order chi connectivity index (χ1) is 6.93. The summed E-state index contributed by atoms with van der Waals surface area (Å²) in [6.45, 7) is 2.27. The van der Waals surface area contributed by atoms with Gasteiger partial charge in [-0.2, -0.15) is 5.10 Å². The smallest absolute Gasteiger partial charge is 0.129 e. The molecule has 3 heterocycles. The summed E-state index contributed by atoms with van der Waals surface area (Å²) in [5.41, 5.74) is 1.01. The van der Waals surface area contributed by atoms with Crippen molar-refractivity contribution in [2.24, 2.45) is 0 Å². The van der Waals surface area contributed by atoms with E-state index >= 15 is 0 Å². The van der Waals surface area contributed by atoms with Crippen LogP contribution < -0.4 is 4.90 Å². The minimum atomic E-state index is 1.01. The van der Waals surface area contributed by atoms with Gasteiger partial charge in [-0.3, -0.25) is 5.10 Å². The fourth-order valence-electron chi connectivity index (χ4n) is 1.95. The standard InChI is InChI=1S/C10H12N4/c1-2-4-14(3-1)10-5-8-6-12-13-9(8)7-11-10/h5-7H,1-4H2,(H,12,13). The number of aromatic amines is 1. The van der Waals surface area contributed by atoms with E-state index in [1.165, 1.54) is 12.8 Å². The van der Waals surface area contributed by atoms with Crippen LogP contribution in [0.2, 0.25) is 0 Å². The van der Waals surface area contributed by atoms with Crippen LogP contribution in [0.25, 0.3) is 10.9 Å². The van der Waals surface area contributed by atoms with Crippen LogP contribution in [-0.4, -0.2) is 28.3 Å². The lowest BCUT2D eigenvalue weighted by molar-refractivity contribution is 0.940. The summed E-state index contributed by atoms with van der Waals surface area (Å²) in [6.07, 6.45) is 6.27. The number of aromatic nitrogens is 3. The van der Waals surface area contributed by atoms with E-state index in [1.807, 2.05) is 12.4 Å². The van der Waals surface area contributed by atoms with E-state index in [9.17, 15) is 0 Å². The topological polar surface area (TPSA) is 44.8 Å². The zero-order chi connectivity index (χ0) is 9.38. The van der Waals surface area contributed by atoms with Gasteiger partial charge in [-0.15, -0.1) is 0 Å². The number of nitrogens with zero attached hydrogens (tertiary/aromatic N) is 3. The number of fused-ring (bicyclic) bond motifs is 1. The molecule has 0 spiro atoms. The quantitative estimate of drug-likeness (QED) is 0.738. The van der Waals surface area contributed by atoms with E-state index in [0.29, 0.717) is 0 Å². The van der Waals surface area contributed by atoms with Crippen LogP contribution in [0.15, 0.2) is 18.5 Å². The molecule has 1 saturated heterocycles. The van der Waals surface area contributed by atoms with Crippen molar-refractivity contribution in [1.82, 2.24) is 15.2 Å². The molecular weight excluding hydrogens is 176 g/mol. The van der Waals surface area contributed by atoms with Gasteiger partial charge < -0.3 is 4.90 Å². The zero-order valence-corrected chi connectivity index (χ0v) is 7.90. The zero-order valence-electron chi connectivity index (χ0n) is 7.90. The predicted octanol–water partition coefficient (Wildman–Crippen LogP) is 1.56. The number of H-pyrrole nitrogens is 1. The van der Waals surface area contributed by atoms with Crippen molar-refractivity contribution < 1.29 is 0 Å². The summed E-state index contributed by atoms with van der Waals surface area (Å²) in [5, 5.41) is 8.03. The first-order valence-corrected chi connectivity index (χ1v) is 4.97. The van der Waals surface area contributed by atoms with E-state index in [2.05, 4.69) is 26.1 Å². The van der Waals surface area contributed by atoms with Gasteiger partial charge in [0.05, 0.1) is 17.9 Å². The highest BCUT2D eigenvalue weighted by Crippen LogP contribution is 2.20. The highest BCUT2D eigenvalue weighted by molar-refractivity contribution is 5.79. The van der Waals surface area contributed by atoms with Gasteiger partial charge in [-0.1, -0.05) is 0 Å². The maximum Gasteiger partial charge on any atom is 0.129 e. The van der Waals surface area contributed by atoms with Crippen molar-refractivity contribution in [1.29, 1.82) is 0 Å². The van der Waals surface area contributed by atoms with Crippen LogP contribution in [0.3, 0.4) is 0 Å². The maximum atomic E-state index is 4.42. The summed E-state index contributed by atoms with van der Waals surface area (Å²) >= 11 is 0. The molecule has 4 heteroatoms. The number of nitrogens with one attached hydrogen (secondary N) is 1. The molecule has 3 rings (SSSR count). The normalized spacial score (nSPS) is 16.7. The molecule has 4 nitrogen and oxygen atoms in total. The fourth-order valence-corrected chi connectivity index (χ4v) is 1.95. The molecule has 1 aliphatic heterocycles. The lowest BCUT2D eigenvalue weighted by Gasteiger charge is -2.15. The fraction of sp³-hybridized carbons (Fsp3) is 0.400. The summed E-state index contributed by atoms with van der Waals surface area (Å²) in [7, 11) is 0. The monoisotopic (exact) mass is 188 g/mol. The minimum Gasteiger partial charge on any atom is -0.357 e. The average Bonchev–Trinajstić information content (AvgIpc) is 2.88. The Labute approximate surface area is 81.9 Å². The molecule has 2 aromatic heterocycles. The van der Waals surface area contributed by atoms with Crippen molar-refractivity contribution in [2.45, 2.75) is 12.8 Å².